The van der Waals surface area contributed by atoms with Crippen LogP contribution in [-0.2, 0) is 14.4 Å². The first-order valence-corrected chi connectivity index (χ1v) is 6.67. The largest absolute Gasteiger partial charge is 0.349 e. The van der Waals surface area contributed by atoms with Crippen molar-refractivity contribution in [2.75, 3.05) is 20.1 Å². The first kappa shape index (κ1) is 17.4. The van der Waals surface area contributed by atoms with E-state index in [0.29, 0.717) is 12.8 Å². The van der Waals surface area contributed by atoms with Gasteiger partial charge < -0.3 is 15.0 Å². The van der Waals surface area contributed by atoms with E-state index in [1.165, 1.54) is 0 Å². The van der Waals surface area contributed by atoms with Crippen molar-refractivity contribution in [1.82, 2.24) is 10.2 Å². The van der Waals surface area contributed by atoms with Crippen LogP contribution in [0.1, 0.15) is 39.0 Å². The monoisotopic (exact) mass is 268 g/mol. The lowest BCUT2D eigenvalue weighted by molar-refractivity contribution is -0.132. The standard InChI is InChI=1S/C14H24N2O3/c1-3-4-5-6-7-11-16(2)14(19)9-8-13(18)15-10-12-17/h3-4,12H,5-11H2,1-2H3,(H,15,18)/b4-3-. The zero-order valence-corrected chi connectivity index (χ0v) is 11.9. The molecule has 0 atom stereocenters. The van der Waals surface area contributed by atoms with Crippen molar-refractivity contribution in [2.45, 2.75) is 39.0 Å². The molecular weight excluding hydrogens is 244 g/mol. The van der Waals surface area contributed by atoms with Crippen molar-refractivity contribution in [1.29, 1.82) is 0 Å². The number of nitrogens with one attached hydrogen (secondary N) is 1. The Morgan fingerprint density at radius 3 is 2.58 bits per heavy atom. The molecule has 0 fully saturated rings. The van der Waals surface area contributed by atoms with Gasteiger partial charge in [0.05, 0.1) is 6.54 Å². The molecule has 0 spiro atoms. The fraction of sp³-hybridized carbons (Fsp3) is 0.643. The van der Waals surface area contributed by atoms with Gasteiger partial charge in [-0.25, -0.2) is 0 Å². The van der Waals surface area contributed by atoms with Gasteiger partial charge in [0, 0.05) is 26.4 Å². The second-order valence-electron chi connectivity index (χ2n) is 4.35. The molecule has 2 amide bonds. The van der Waals surface area contributed by atoms with Crippen LogP contribution < -0.4 is 5.32 Å². The molecule has 5 nitrogen and oxygen atoms in total. The Morgan fingerprint density at radius 1 is 1.21 bits per heavy atom. The van der Waals surface area contributed by atoms with Gasteiger partial charge in [0.2, 0.25) is 11.8 Å². The third-order valence-electron chi connectivity index (χ3n) is 2.72. The fourth-order valence-corrected chi connectivity index (χ4v) is 1.56. The van der Waals surface area contributed by atoms with Gasteiger partial charge in [0.15, 0.2) is 0 Å². The average Bonchev–Trinajstić information content (AvgIpc) is 2.41. The Kier molecular flexibility index (Phi) is 10.4. The van der Waals surface area contributed by atoms with Gasteiger partial charge in [-0.2, -0.15) is 0 Å². The van der Waals surface area contributed by atoms with Crippen LogP contribution in [0.25, 0.3) is 0 Å². The highest BCUT2D eigenvalue weighted by Crippen LogP contribution is 2.01. The summed E-state index contributed by atoms with van der Waals surface area (Å²) in [5.41, 5.74) is 0. The third-order valence-corrected chi connectivity index (χ3v) is 2.72. The van der Waals surface area contributed by atoms with Gasteiger partial charge in [-0.05, 0) is 26.2 Å². The molecule has 5 heteroatoms. The minimum absolute atomic E-state index is 0.00775. The molecule has 0 aliphatic heterocycles. The van der Waals surface area contributed by atoms with Crippen LogP contribution in [-0.4, -0.2) is 43.1 Å². The highest BCUT2D eigenvalue weighted by Gasteiger charge is 2.10. The van der Waals surface area contributed by atoms with Crippen LogP contribution in [0.2, 0.25) is 0 Å². The predicted octanol–water partition coefficient (Wildman–Crippen LogP) is 1.29. The summed E-state index contributed by atoms with van der Waals surface area (Å²) in [6.07, 6.45) is 8.13. The Morgan fingerprint density at radius 2 is 1.95 bits per heavy atom. The molecule has 0 aromatic carbocycles. The number of hydrogen-bond donors (Lipinski definition) is 1. The molecule has 0 saturated heterocycles. The molecule has 0 aromatic rings. The van der Waals surface area contributed by atoms with Crippen molar-refractivity contribution in [3.05, 3.63) is 12.2 Å². The number of allylic oxidation sites excluding steroid dienone is 2. The normalized spacial score (nSPS) is 10.4. The lowest BCUT2D eigenvalue weighted by Crippen LogP contribution is -2.30. The summed E-state index contributed by atoms with van der Waals surface area (Å²) in [5.74, 6) is -0.297. The van der Waals surface area contributed by atoms with Crippen molar-refractivity contribution >= 4 is 18.1 Å². The molecule has 108 valence electrons. The maximum atomic E-state index is 11.7. The van der Waals surface area contributed by atoms with Gasteiger partial charge in [-0.3, -0.25) is 9.59 Å². The molecule has 0 aromatic heterocycles. The molecule has 0 saturated carbocycles. The summed E-state index contributed by atoms with van der Waals surface area (Å²) < 4.78 is 0. The molecule has 0 rings (SSSR count). The Balaban J connectivity index is 3.69. The summed E-state index contributed by atoms with van der Waals surface area (Å²) in [4.78, 5) is 34.6. The van der Waals surface area contributed by atoms with Crippen molar-refractivity contribution in [3.63, 3.8) is 0 Å². The molecule has 0 aliphatic carbocycles. The first-order valence-electron chi connectivity index (χ1n) is 6.67. The minimum atomic E-state index is -0.262. The lowest BCUT2D eigenvalue weighted by atomic mass is 10.2. The van der Waals surface area contributed by atoms with Gasteiger partial charge in [-0.1, -0.05) is 12.2 Å². The van der Waals surface area contributed by atoms with Gasteiger partial charge in [0.25, 0.3) is 0 Å². The van der Waals surface area contributed by atoms with Gasteiger partial charge >= 0.3 is 0 Å². The number of rotatable bonds is 10. The lowest BCUT2D eigenvalue weighted by Gasteiger charge is -2.16. The van der Waals surface area contributed by atoms with Crippen molar-refractivity contribution < 1.29 is 14.4 Å². The van der Waals surface area contributed by atoms with Crippen molar-refractivity contribution in [2.24, 2.45) is 0 Å². The second-order valence-corrected chi connectivity index (χ2v) is 4.35. The molecular formula is C14H24N2O3. The van der Waals surface area contributed by atoms with Crippen LogP contribution in [0, 0.1) is 0 Å². The topological polar surface area (TPSA) is 66.5 Å². The molecule has 0 aliphatic rings. The predicted molar refractivity (Wildman–Crippen MR) is 74.6 cm³/mol. The molecule has 1 N–H and O–H groups in total. The number of amides is 2. The Labute approximate surface area is 115 Å². The van der Waals surface area contributed by atoms with Crippen LogP contribution in [0.3, 0.4) is 0 Å². The molecule has 19 heavy (non-hydrogen) atoms. The average molecular weight is 268 g/mol. The molecule has 0 unspecified atom stereocenters. The van der Waals surface area contributed by atoms with E-state index in [2.05, 4.69) is 11.4 Å². The number of carbonyl (C=O) groups excluding carboxylic acids is 3. The van der Waals surface area contributed by atoms with E-state index in [9.17, 15) is 14.4 Å². The molecule has 0 heterocycles. The zero-order valence-electron chi connectivity index (χ0n) is 11.9. The summed E-state index contributed by atoms with van der Waals surface area (Å²) in [6, 6.07) is 0. The quantitative estimate of drug-likeness (QED) is 0.369. The van der Waals surface area contributed by atoms with Crippen LogP contribution >= 0.6 is 0 Å². The zero-order chi connectivity index (χ0) is 14.5. The molecule has 0 bridgehead atoms. The van der Waals surface area contributed by atoms with Gasteiger partial charge in [-0.15, -0.1) is 0 Å². The van der Waals surface area contributed by atoms with E-state index >= 15 is 0 Å². The number of hydrogen-bond acceptors (Lipinski definition) is 3. The highest BCUT2D eigenvalue weighted by molar-refractivity contribution is 5.84. The molecule has 0 radical (unpaired) electrons. The summed E-state index contributed by atoms with van der Waals surface area (Å²) in [6.45, 7) is 2.71. The van der Waals surface area contributed by atoms with E-state index in [1.807, 2.05) is 13.0 Å². The van der Waals surface area contributed by atoms with E-state index in [1.54, 1.807) is 11.9 Å². The van der Waals surface area contributed by atoms with Gasteiger partial charge in [0.1, 0.15) is 6.29 Å². The van der Waals surface area contributed by atoms with E-state index in [0.717, 1.165) is 19.3 Å². The summed E-state index contributed by atoms with van der Waals surface area (Å²) in [5, 5.41) is 2.41. The summed E-state index contributed by atoms with van der Waals surface area (Å²) >= 11 is 0. The number of nitrogens with zero attached hydrogens (tertiary/aromatic N) is 1. The highest BCUT2D eigenvalue weighted by atomic mass is 16.2. The fourth-order valence-electron chi connectivity index (χ4n) is 1.56. The number of unbranched alkanes of at least 4 members (excludes halogenated alkanes) is 2. The van der Waals surface area contributed by atoms with Crippen molar-refractivity contribution in [3.8, 4) is 0 Å². The van der Waals surface area contributed by atoms with E-state index in [4.69, 9.17) is 0 Å². The minimum Gasteiger partial charge on any atom is -0.349 e. The first-order chi connectivity index (χ1) is 9.11. The Bertz CT molecular complexity index is 314. The maximum Gasteiger partial charge on any atom is 0.222 e. The van der Waals surface area contributed by atoms with Crippen LogP contribution in [0.15, 0.2) is 12.2 Å². The number of carbonyl (C=O) groups is 3. The number of aldehydes is 1. The van der Waals surface area contributed by atoms with E-state index < -0.39 is 0 Å². The smallest absolute Gasteiger partial charge is 0.222 e. The Hall–Kier alpha value is -1.65. The summed E-state index contributed by atoms with van der Waals surface area (Å²) in [7, 11) is 1.75. The third kappa shape index (κ3) is 10.00. The van der Waals surface area contributed by atoms with E-state index in [-0.39, 0.29) is 31.2 Å². The van der Waals surface area contributed by atoms with Crippen LogP contribution in [0.4, 0.5) is 0 Å². The SMILES string of the molecule is C/C=C\CCCCN(C)C(=O)CCC(=O)NCC=O. The maximum absolute atomic E-state index is 11.7. The van der Waals surface area contributed by atoms with Crippen LogP contribution in [0.5, 0.6) is 0 Å². The second kappa shape index (κ2) is 11.4.